The zero-order chi connectivity index (χ0) is 31.6. The number of rotatable bonds is 4. The Bertz CT molecular complexity index is 2780. The molecular weight excluding hydrogens is 607 g/mol. The van der Waals surface area contributed by atoms with Crippen molar-refractivity contribution in [2.75, 3.05) is 0 Å². The summed E-state index contributed by atoms with van der Waals surface area (Å²) in [7, 11) is 0. The van der Waals surface area contributed by atoms with E-state index in [0.29, 0.717) is 17.5 Å². The van der Waals surface area contributed by atoms with Crippen LogP contribution < -0.4 is 0 Å². The van der Waals surface area contributed by atoms with Crippen LogP contribution in [0.2, 0.25) is 0 Å². The van der Waals surface area contributed by atoms with Gasteiger partial charge in [0.05, 0.1) is 0 Å². The van der Waals surface area contributed by atoms with E-state index in [0.717, 1.165) is 44.2 Å². The van der Waals surface area contributed by atoms with Gasteiger partial charge in [0.25, 0.3) is 0 Å². The predicted octanol–water partition coefficient (Wildman–Crippen LogP) is 12.0. The molecule has 3 aromatic heterocycles. The molecule has 0 spiro atoms. The van der Waals surface area contributed by atoms with E-state index in [1.165, 1.54) is 36.5 Å². The fraction of sp³-hybridized carbons (Fsp3) is 0. The van der Waals surface area contributed by atoms with Gasteiger partial charge in [0.1, 0.15) is 11.2 Å². The van der Waals surface area contributed by atoms with Gasteiger partial charge in [-0.05, 0) is 29.0 Å². The van der Waals surface area contributed by atoms with E-state index in [-0.39, 0.29) is 0 Å². The second kappa shape index (κ2) is 10.7. The molecule has 48 heavy (non-hydrogen) atoms. The lowest BCUT2D eigenvalue weighted by molar-refractivity contribution is 0.670. The summed E-state index contributed by atoms with van der Waals surface area (Å²) < 4.78 is 9.34. The summed E-state index contributed by atoms with van der Waals surface area (Å²) in [5.41, 5.74) is 6.69. The van der Waals surface area contributed by atoms with E-state index in [1.54, 1.807) is 0 Å². The molecule has 0 saturated carbocycles. The van der Waals surface area contributed by atoms with Crippen LogP contribution in [0.25, 0.3) is 98.2 Å². The highest BCUT2D eigenvalue weighted by atomic mass is 32.1. The summed E-state index contributed by atoms with van der Waals surface area (Å²) in [6, 6.07) is 52.5. The molecule has 224 valence electrons. The maximum Gasteiger partial charge on any atom is 0.164 e. The van der Waals surface area contributed by atoms with E-state index in [4.69, 9.17) is 19.4 Å². The molecule has 0 unspecified atom stereocenters. The maximum absolute atomic E-state index is 6.80. The van der Waals surface area contributed by atoms with Crippen molar-refractivity contribution in [3.05, 3.63) is 152 Å². The molecule has 10 aromatic rings. The lowest BCUT2D eigenvalue weighted by Crippen LogP contribution is -2.00. The van der Waals surface area contributed by atoms with Crippen molar-refractivity contribution in [2.45, 2.75) is 0 Å². The Morgan fingerprint density at radius 2 is 1.04 bits per heavy atom. The van der Waals surface area contributed by atoms with E-state index >= 15 is 0 Å². The molecule has 5 heteroatoms. The Labute approximate surface area is 279 Å². The lowest BCUT2D eigenvalue weighted by Gasteiger charge is -2.09. The van der Waals surface area contributed by atoms with Crippen molar-refractivity contribution in [2.24, 2.45) is 0 Å². The molecule has 0 aliphatic carbocycles. The number of thiophene rings is 1. The maximum atomic E-state index is 6.80. The third-order valence-electron chi connectivity index (χ3n) is 9.12. The molecule has 7 aromatic carbocycles. The minimum atomic E-state index is 0.610. The number of benzene rings is 7. The quantitative estimate of drug-likeness (QED) is 0.194. The number of aromatic nitrogens is 3. The van der Waals surface area contributed by atoms with Gasteiger partial charge in [-0.3, -0.25) is 0 Å². The Balaban J connectivity index is 1.25. The largest absolute Gasteiger partial charge is 0.455 e. The Morgan fingerprint density at radius 1 is 0.438 bits per heavy atom. The lowest BCUT2D eigenvalue weighted by atomic mass is 9.95. The second-order valence-electron chi connectivity index (χ2n) is 11.9. The smallest absolute Gasteiger partial charge is 0.164 e. The van der Waals surface area contributed by atoms with E-state index < -0.39 is 0 Å². The highest BCUT2D eigenvalue weighted by Gasteiger charge is 2.21. The minimum Gasteiger partial charge on any atom is -0.455 e. The Kier molecular flexibility index (Phi) is 6.01. The minimum absolute atomic E-state index is 0.610. The van der Waals surface area contributed by atoms with Crippen molar-refractivity contribution in [3.8, 4) is 45.3 Å². The summed E-state index contributed by atoms with van der Waals surface area (Å²) in [6.45, 7) is 0. The van der Waals surface area contributed by atoms with Gasteiger partial charge in [-0.25, -0.2) is 15.0 Å². The number of nitrogens with zero attached hydrogens (tertiary/aromatic N) is 3. The second-order valence-corrected chi connectivity index (χ2v) is 13.0. The molecule has 0 saturated heterocycles. The zero-order valence-corrected chi connectivity index (χ0v) is 26.4. The van der Waals surface area contributed by atoms with Crippen molar-refractivity contribution in [3.63, 3.8) is 0 Å². The van der Waals surface area contributed by atoms with Crippen molar-refractivity contribution >= 4 is 64.2 Å². The Hall–Kier alpha value is -6.17. The average molecular weight is 632 g/mol. The van der Waals surface area contributed by atoms with Crippen LogP contribution in [0.4, 0.5) is 0 Å². The summed E-state index contributed by atoms with van der Waals surface area (Å²) in [6.07, 6.45) is 0. The van der Waals surface area contributed by atoms with Gasteiger partial charge in [0.15, 0.2) is 17.5 Å². The van der Waals surface area contributed by atoms with Gasteiger partial charge in [0, 0.05) is 58.8 Å². The van der Waals surface area contributed by atoms with Crippen LogP contribution in [0, 0.1) is 0 Å². The third kappa shape index (κ3) is 4.18. The number of fused-ring (bicyclic) bond motifs is 8. The van der Waals surface area contributed by atoms with Crippen LogP contribution >= 0.6 is 11.3 Å². The summed E-state index contributed by atoms with van der Waals surface area (Å²) in [4.78, 5) is 15.0. The van der Waals surface area contributed by atoms with Gasteiger partial charge in [-0.2, -0.15) is 0 Å². The highest BCUT2D eigenvalue weighted by Crippen LogP contribution is 2.47. The first-order chi connectivity index (χ1) is 23.8. The van der Waals surface area contributed by atoms with Crippen LogP contribution in [0.1, 0.15) is 0 Å². The molecule has 10 rings (SSSR count). The highest BCUT2D eigenvalue weighted by molar-refractivity contribution is 7.26. The number of hydrogen-bond donors (Lipinski definition) is 0. The third-order valence-corrected chi connectivity index (χ3v) is 10.3. The van der Waals surface area contributed by atoms with Gasteiger partial charge in [0.2, 0.25) is 0 Å². The summed E-state index contributed by atoms with van der Waals surface area (Å²) >= 11 is 1.84. The number of para-hydroxylation sites is 1. The predicted molar refractivity (Wildman–Crippen MR) is 199 cm³/mol. The van der Waals surface area contributed by atoms with E-state index in [9.17, 15) is 0 Å². The van der Waals surface area contributed by atoms with Gasteiger partial charge < -0.3 is 4.42 Å². The molecule has 0 aliphatic heterocycles. The van der Waals surface area contributed by atoms with Crippen molar-refractivity contribution < 1.29 is 4.42 Å². The fourth-order valence-corrected chi connectivity index (χ4v) is 8.20. The molecule has 0 amide bonds. The van der Waals surface area contributed by atoms with Gasteiger partial charge in [-0.1, -0.05) is 133 Å². The van der Waals surface area contributed by atoms with Crippen LogP contribution in [0.3, 0.4) is 0 Å². The molecule has 0 aliphatic rings. The monoisotopic (exact) mass is 631 g/mol. The molecule has 4 nitrogen and oxygen atoms in total. The number of furan rings is 1. The standard InChI is InChI=1S/C43H25N3OS/c1-3-13-26(14-4-1)41-44-42(27-15-5-2-6-16-27)46-43(45-41)33-22-12-23-35-37(33)32-21-11-20-30(39(32)47-35)34-25-28-17-7-8-18-29(28)38-31-19-9-10-24-36(31)48-40(34)38/h1-25H. The van der Waals surface area contributed by atoms with Gasteiger partial charge >= 0.3 is 0 Å². The fourth-order valence-electron chi connectivity index (χ4n) is 6.95. The average Bonchev–Trinajstić information content (AvgIpc) is 3.75. The van der Waals surface area contributed by atoms with Crippen LogP contribution in [0.5, 0.6) is 0 Å². The first-order valence-electron chi connectivity index (χ1n) is 15.9. The topological polar surface area (TPSA) is 51.8 Å². The molecular formula is C43H25N3OS. The van der Waals surface area contributed by atoms with Crippen molar-refractivity contribution in [1.29, 1.82) is 0 Å². The van der Waals surface area contributed by atoms with Gasteiger partial charge in [-0.15, -0.1) is 11.3 Å². The molecule has 3 heterocycles. The normalized spacial score (nSPS) is 11.8. The molecule has 0 atom stereocenters. The van der Waals surface area contributed by atoms with E-state index in [1.807, 2.05) is 84.1 Å². The van der Waals surface area contributed by atoms with Crippen LogP contribution in [0.15, 0.2) is 156 Å². The zero-order valence-electron chi connectivity index (χ0n) is 25.6. The molecule has 0 fully saturated rings. The summed E-state index contributed by atoms with van der Waals surface area (Å²) in [5.74, 6) is 1.88. The van der Waals surface area contributed by atoms with Crippen LogP contribution in [-0.2, 0) is 0 Å². The number of hydrogen-bond acceptors (Lipinski definition) is 5. The van der Waals surface area contributed by atoms with Crippen LogP contribution in [-0.4, -0.2) is 15.0 Å². The molecule has 0 radical (unpaired) electrons. The first kappa shape index (κ1) is 27.0. The van der Waals surface area contributed by atoms with E-state index in [2.05, 4.69) is 78.9 Å². The SMILES string of the molecule is c1ccc(-c2nc(-c3ccccc3)nc(-c3cccc4oc5c(-c6cc7ccccc7c7c6sc6ccccc67)cccc5c34)n2)cc1. The molecule has 0 N–H and O–H groups in total. The summed E-state index contributed by atoms with van der Waals surface area (Å²) in [5, 5.41) is 7.09. The first-order valence-corrected chi connectivity index (χ1v) is 16.8. The Morgan fingerprint density at radius 3 is 1.81 bits per heavy atom. The van der Waals surface area contributed by atoms with Crippen molar-refractivity contribution in [1.82, 2.24) is 15.0 Å². The molecule has 0 bridgehead atoms.